The molecule has 0 unspecified atom stereocenters. The Morgan fingerprint density at radius 1 is 1.19 bits per heavy atom. The standard InChI is InChI=1S/C20H33NO4S/c1-6-9-12-18(8-3)20(22)21(16(4)7-2)15-17-11-10-13-19(14-17)25-26(5,23)24/h10-11,13-14,16,18H,6-9,12,15H2,1-5H3/t16-,18-/m1/s1. The molecule has 0 aliphatic heterocycles. The molecule has 2 atom stereocenters. The zero-order chi connectivity index (χ0) is 19.7. The Labute approximate surface area is 158 Å². The van der Waals surface area contributed by atoms with Gasteiger partial charge in [0.05, 0.1) is 6.26 Å². The van der Waals surface area contributed by atoms with Gasteiger partial charge in [-0.25, -0.2) is 0 Å². The van der Waals surface area contributed by atoms with Gasteiger partial charge in [-0.1, -0.05) is 45.7 Å². The highest BCUT2D eigenvalue weighted by Gasteiger charge is 2.26. The highest BCUT2D eigenvalue weighted by Crippen LogP contribution is 2.22. The number of carbonyl (C=O) groups is 1. The second kappa shape index (κ2) is 10.6. The van der Waals surface area contributed by atoms with Gasteiger partial charge in [-0.3, -0.25) is 4.79 Å². The first-order valence-electron chi connectivity index (χ1n) is 9.50. The van der Waals surface area contributed by atoms with Crippen LogP contribution in [0.2, 0.25) is 0 Å². The van der Waals surface area contributed by atoms with Crippen molar-refractivity contribution >= 4 is 16.0 Å². The number of unbranched alkanes of at least 4 members (excludes halogenated alkanes) is 1. The van der Waals surface area contributed by atoms with Crippen molar-refractivity contribution in [3.8, 4) is 5.75 Å². The smallest absolute Gasteiger partial charge is 0.306 e. The van der Waals surface area contributed by atoms with Crippen molar-refractivity contribution in [2.75, 3.05) is 6.26 Å². The van der Waals surface area contributed by atoms with Crippen LogP contribution in [0.4, 0.5) is 0 Å². The number of carbonyl (C=O) groups excluding carboxylic acids is 1. The van der Waals surface area contributed by atoms with Crippen LogP contribution >= 0.6 is 0 Å². The third-order valence-electron chi connectivity index (χ3n) is 4.65. The van der Waals surface area contributed by atoms with E-state index in [0.717, 1.165) is 43.9 Å². The Hall–Kier alpha value is -1.56. The van der Waals surface area contributed by atoms with Gasteiger partial charge < -0.3 is 9.08 Å². The van der Waals surface area contributed by atoms with Gasteiger partial charge in [0.1, 0.15) is 5.75 Å². The molecule has 0 saturated carbocycles. The molecule has 0 aliphatic rings. The molecule has 0 N–H and O–H groups in total. The third-order valence-corrected chi connectivity index (χ3v) is 5.15. The predicted octanol–water partition coefficient (Wildman–Crippen LogP) is 4.37. The molecule has 1 aromatic carbocycles. The number of benzene rings is 1. The first-order chi connectivity index (χ1) is 12.2. The van der Waals surface area contributed by atoms with E-state index in [4.69, 9.17) is 4.18 Å². The van der Waals surface area contributed by atoms with Crippen molar-refractivity contribution in [3.05, 3.63) is 29.8 Å². The lowest BCUT2D eigenvalue weighted by atomic mass is 9.96. The Bertz CT molecular complexity index is 672. The molecule has 1 aromatic rings. The van der Waals surface area contributed by atoms with E-state index in [1.807, 2.05) is 11.0 Å². The molecule has 148 valence electrons. The van der Waals surface area contributed by atoms with Gasteiger partial charge >= 0.3 is 10.1 Å². The molecule has 1 amide bonds. The second-order valence-corrected chi connectivity index (χ2v) is 8.48. The first-order valence-corrected chi connectivity index (χ1v) is 11.3. The summed E-state index contributed by atoms with van der Waals surface area (Å²) in [6.45, 7) is 8.78. The summed E-state index contributed by atoms with van der Waals surface area (Å²) in [6.07, 6.45) is 5.77. The molecule has 26 heavy (non-hydrogen) atoms. The summed E-state index contributed by atoms with van der Waals surface area (Å²) in [6, 6.07) is 7.07. The summed E-state index contributed by atoms with van der Waals surface area (Å²) < 4.78 is 27.6. The Morgan fingerprint density at radius 2 is 1.88 bits per heavy atom. The van der Waals surface area contributed by atoms with Crippen molar-refractivity contribution in [1.29, 1.82) is 0 Å². The quantitative estimate of drug-likeness (QED) is 0.532. The summed E-state index contributed by atoms with van der Waals surface area (Å²) in [5.41, 5.74) is 0.866. The van der Waals surface area contributed by atoms with Crippen molar-refractivity contribution in [1.82, 2.24) is 4.90 Å². The van der Waals surface area contributed by atoms with E-state index in [1.54, 1.807) is 18.2 Å². The monoisotopic (exact) mass is 383 g/mol. The average Bonchev–Trinajstić information content (AvgIpc) is 2.58. The fourth-order valence-corrected chi connectivity index (χ4v) is 3.38. The molecule has 0 spiro atoms. The third kappa shape index (κ3) is 7.36. The molecule has 5 nitrogen and oxygen atoms in total. The topological polar surface area (TPSA) is 63.7 Å². The van der Waals surface area contributed by atoms with Gasteiger partial charge in [0.15, 0.2) is 0 Å². The van der Waals surface area contributed by atoms with Gasteiger partial charge in [0.25, 0.3) is 0 Å². The minimum Gasteiger partial charge on any atom is -0.383 e. The molecule has 6 heteroatoms. The zero-order valence-corrected chi connectivity index (χ0v) is 17.5. The maximum atomic E-state index is 13.1. The van der Waals surface area contributed by atoms with Crippen LogP contribution < -0.4 is 4.18 Å². The zero-order valence-electron chi connectivity index (χ0n) is 16.7. The molecule has 0 saturated heterocycles. The molecule has 0 fully saturated rings. The summed E-state index contributed by atoms with van der Waals surface area (Å²) in [5.74, 6) is 0.503. The lowest BCUT2D eigenvalue weighted by Gasteiger charge is -2.32. The minimum atomic E-state index is -3.57. The van der Waals surface area contributed by atoms with Crippen LogP contribution in [0, 0.1) is 5.92 Å². The van der Waals surface area contributed by atoms with E-state index in [9.17, 15) is 13.2 Å². The molecule has 0 heterocycles. The SMILES string of the molecule is CCCC[C@@H](CC)C(=O)N(Cc1cccc(OS(C)(=O)=O)c1)[C@H](C)CC. The molecule has 0 aromatic heterocycles. The normalized spacial score (nSPS) is 13.9. The largest absolute Gasteiger partial charge is 0.383 e. The minimum absolute atomic E-state index is 0.0411. The van der Waals surface area contributed by atoms with Gasteiger partial charge in [0.2, 0.25) is 5.91 Å². The lowest BCUT2D eigenvalue weighted by molar-refractivity contribution is -0.138. The fourth-order valence-electron chi connectivity index (χ4n) is 2.93. The fraction of sp³-hybridized carbons (Fsp3) is 0.650. The number of hydrogen-bond donors (Lipinski definition) is 0. The van der Waals surface area contributed by atoms with Crippen LogP contribution in [-0.4, -0.2) is 31.5 Å². The number of hydrogen-bond acceptors (Lipinski definition) is 4. The molecule has 0 radical (unpaired) electrons. The molecule has 0 bridgehead atoms. The summed E-state index contributed by atoms with van der Waals surface area (Å²) in [5, 5.41) is 0. The average molecular weight is 384 g/mol. The summed E-state index contributed by atoms with van der Waals surface area (Å²) >= 11 is 0. The number of nitrogens with zero attached hydrogens (tertiary/aromatic N) is 1. The Balaban J connectivity index is 3.00. The lowest BCUT2D eigenvalue weighted by Crippen LogP contribution is -2.41. The Kier molecular flexibility index (Phi) is 9.13. The van der Waals surface area contributed by atoms with Crippen molar-refractivity contribution < 1.29 is 17.4 Å². The highest BCUT2D eigenvalue weighted by molar-refractivity contribution is 7.86. The van der Waals surface area contributed by atoms with Crippen LogP contribution in [0.3, 0.4) is 0 Å². The molecule has 0 aliphatic carbocycles. The van der Waals surface area contributed by atoms with Crippen molar-refractivity contribution in [2.45, 2.75) is 72.4 Å². The van der Waals surface area contributed by atoms with Gasteiger partial charge in [-0.15, -0.1) is 0 Å². The highest BCUT2D eigenvalue weighted by atomic mass is 32.2. The van der Waals surface area contributed by atoms with Crippen LogP contribution in [0.1, 0.15) is 65.4 Å². The Morgan fingerprint density at radius 3 is 2.42 bits per heavy atom. The molecular weight excluding hydrogens is 350 g/mol. The molecular formula is C20H33NO4S. The van der Waals surface area contributed by atoms with E-state index in [0.29, 0.717) is 6.54 Å². The second-order valence-electron chi connectivity index (χ2n) is 6.91. The maximum absolute atomic E-state index is 13.1. The van der Waals surface area contributed by atoms with Crippen LogP contribution in [0.25, 0.3) is 0 Å². The predicted molar refractivity (Wildman–Crippen MR) is 106 cm³/mol. The van der Waals surface area contributed by atoms with E-state index in [-0.39, 0.29) is 23.6 Å². The number of amides is 1. The van der Waals surface area contributed by atoms with Crippen LogP contribution in [0.15, 0.2) is 24.3 Å². The summed E-state index contributed by atoms with van der Waals surface area (Å²) in [4.78, 5) is 15.0. The van der Waals surface area contributed by atoms with Crippen molar-refractivity contribution in [3.63, 3.8) is 0 Å². The van der Waals surface area contributed by atoms with Crippen LogP contribution in [-0.2, 0) is 21.5 Å². The van der Waals surface area contributed by atoms with Gasteiger partial charge in [0, 0.05) is 18.5 Å². The van der Waals surface area contributed by atoms with E-state index < -0.39 is 10.1 Å². The van der Waals surface area contributed by atoms with E-state index >= 15 is 0 Å². The van der Waals surface area contributed by atoms with Gasteiger partial charge in [-0.05, 0) is 43.9 Å². The van der Waals surface area contributed by atoms with Crippen molar-refractivity contribution in [2.24, 2.45) is 5.92 Å². The van der Waals surface area contributed by atoms with E-state index in [1.165, 1.54) is 0 Å². The first kappa shape index (κ1) is 22.5. The van der Waals surface area contributed by atoms with E-state index in [2.05, 4.69) is 27.7 Å². The van der Waals surface area contributed by atoms with Gasteiger partial charge in [-0.2, -0.15) is 8.42 Å². The number of rotatable bonds is 11. The molecule has 1 rings (SSSR count). The van der Waals surface area contributed by atoms with Crippen LogP contribution in [0.5, 0.6) is 5.75 Å². The summed E-state index contributed by atoms with van der Waals surface area (Å²) in [7, 11) is -3.57. The maximum Gasteiger partial charge on any atom is 0.306 e.